The predicted molar refractivity (Wildman–Crippen MR) is 145 cm³/mol. The van der Waals surface area contributed by atoms with Crippen molar-refractivity contribution in [2.24, 2.45) is 5.92 Å². The van der Waals surface area contributed by atoms with Crippen LogP contribution in [0.2, 0.25) is 0 Å². The monoisotopic (exact) mass is 550 g/mol. The molecule has 0 aliphatic carbocycles. The maximum absolute atomic E-state index is 14.0. The van der Waals surface area contributed by atoms with Crippen LogP contribution in [0, 0.1) is 11.7 Å². The van der Waals surface area contributed by atoms with Gasteiger partial charge in [-0.1, -0.05) is 24.3 Å². The van der Waals surface area contributed by atoms with Gasteiger partial charge in [0, 0.05) is 36.7 Å². The summed E-state index contributed by atoms with van der Waals surface area (Å²) in [6.45, 7) is 6.62. The predicted octanol–water partition coefficient (Wildman–Crippen LogP) is 4.59. The van der Waals surface area contributed by atoms with Gasteiger partial charge in [-0.15, -0.1) is 0 Å². The number of carbonyl (C=O) groups is 4. The summed E-state index contributed by atoms with van der Waals surface area (Å²) >= 11 is 0. The number of carbonyl (C=O) groups excluding carboxylic acids is 4. The van der Waals surface area contributed by atoms with Gasteiger partial charge in [-0.25, -0.2) is 9.18 Å². The Hall–Kier alpha value is -4.01. The van der Waals surface area contributed by atoms with Gasteiger partial charge in [0.05, 0.1) is 31.2 Å². The zero-order chi connectivity index (χ0) is 28.8. The molecule has 2 amide bonds. The minimum Gasteiger partial charge on any atom is -0.466 e. The van der Waals surface area contributed by atoms with Gasteiger partial charge in [-0.2, -0.15) is 0 Å². The number of likely N-dealkylation sites (tertiary alicyclic amines) is 1. The van der Waals surface area contributed by atoms with Crippen molar-refractivity contribution in [3.8, 4) is 0 Å². The van der Waals surface area contributed by atoms with Crippen LogP contribution in [0.15, 0.2) is 59.8 Å². The minimum absolute atomic E-state index is 0.0173. The highest BCUT2D eigenvalue weighted by Gasteiger charge is 2.37. The lowest BCUT2D eigenvalue weighted by Gasteiger charge is -2.34. The quantitative estimate of drug-likeness (QED) is 0.447. The first-order valence-electron chi connectivity index (χ1n) is 13.7. The van der Waals surface area contributed by atoms with Gasteiger partial charge in [-0.3, -0.25) is 14.4 Å². The van der Waals surface area contributed by atoms with Crippen LogP contribution in [0.4, 0.5) is 4.39 Å². The second-order valence-corrected chi connectivity index (χ2v) is 10.1. The van der Waals surface area contributed by atoms with E-state index < -0.39 is 17.7 Å². The highest BCUT2D eigenvalue weighted by Crippen LogP contribution is 2.38. The Bertz CT molecular complexity index is 1320. The molecule has 2 aliphatic heterocycles. The van der Waals surface area contributed by atoms with E-state index in [0.717, 1.165) is 0 Å². The van der Waals surface area contributed by atoms with Gasteiger partial charge < -0.3 is 19.3 Å². The summed E-state index contributed by atoms with van der Waals surface area (Å²) in [7, 11) is 0. The topological polar surface area (TPSA) is 93.2 Å². The van der Waals surface area contributed by atoms with E-state index in [0.29, 0.717) is 60.5 Å². The number of halogens is 1. The van der Waals surface area contributed by atoms with E-state index in [9.17, 15) is 23.6 Å². The zero-order valence-electron chi connectivity index (χ0n) is 23.2. The van der Waals surface area contributed by atoms with E-state index in [-0.39, 0.29) is 43.3 Å². The summed E-state index contributed by atoms with van der Waals surface area (Å²) in [6, 6.07) is 12.9. The molecule has 0 radical (unpaired) electrons. The molecular formula is C31H35FN2O6. The van der Waals surface area contributed by atoms with Crippen LogP contribution in [-0.4, -0.2) is 59.9 Å². The highest BCUT2D eigenvalue weighted by atomic mass is 19.1. The molecule has 0 spiro atoms. The fourth-order valence-electron chi connectivity index (χ4n) is 5.47. The van der Waals surface area contributed by atoms with Crippen molar-refractivity contribution in [1.82, 2.24) is 9.80 Å². The Morgan fingerprint density at radius 1 is 1.02 bits per heavy atom. The molecule has 1 fully saturated rings. The molecule has 2 atom stereocenters. The van der Waals surface area contributed by atoms with E-state index in [4.69, 9.17) is 9.47 Å². The Kier molecular flexibility index (Phi) is 9.34. The number of benzene rings is 2. The maximum Gasteiger partial charge on any atom is 0.336 e. The van der Waals surface area contributed by atoms with Gasteiger partial charge >= 0.3 is 11.9 Å². The van der Waals surface area contributed by atoms with Crippen LogP contribution < -0.4 is 0 Å². The lowest BCUT2D eigenvalue weighted by molar-refractivity contribution is -0.149. The number of piperidine rings is 1. The molecule has 0 saturated carbocycles. The second-order valence-electron chi connectivity index (χ2n) is 10.1. The van der Waals surface area contributed by atoms with Gasteiger partial charge in [0.15, 0.2) is 0 Å². The van der Waals surface area contributed by atoms with Crippen LogP contribution in [0.1, 0.15) is 67.4 Å². The largest absolute Gasteiger partial charge is 0.466 e. The number of hydrogen-bond acceptors (Lipinski definition) is 6. The number of amides is 2. The normalized spacial score (nSPS) is 19.4. The molecule has 4 rings (SSSR count). The summed E-state index contributed by atoms with van der Waals surface area (Å²) in [5, 5.41) is 0. The molecule has 1 saturated heterocycles. The summed E-state index contributed by atoms with van der Waals surface area (Å²) < 4.78 is 24.5. The fraction of sp³-hybridized carbons (Fsp3) is 0.419. The van der Waals surface area contributed by atoms with Gasteiger partial charge in [-0.05, 0) is 69.0 Å². The molecule has 2 aliphatic rings. The first-order chi connectivity index (χ1) is 19.2. The van der Waals surface area contributed by atoms with E-state index >= 15 is 0 Å². The Morgan fingerprint density at radius 2 is 1.77 bits per heavy atom. The van der Waals surface area contributed by atoms with Crippen molar-refractivity contribution in [2.45, 2.75) is 52.5 Å². The summed E-state index contributed by atoms with van der Waals surface area (Å²) in [5.41, 5.74) is 2.46. The SMILES string of the molecule is CCOC(=O)C1=C(C)N(Cc2cccc(C(=O)N3CCCC(C(=O)OCC)C3)c2)C(=O)CC1c1cccc(F)c1. The van der Waals surface area contributed by atoms with Crippen LogP contribution in [0.5, 0.6) is 0 Å². The van der Waals surface area contributed by atoms with Crippen LogP contribution >= 0.6 is 0 Å². The number of allylic oxidation sites excluding steroid dienone is 1. The van der Waals surface area contributed by atoms with Crippen molar-refractivity contribution in [3.05, 3.63) is 82.3 Å². The molecule has 40 heavy (non-hydrogen) atoms. The molecule has 0 bridgehead atoms. The van der Waals surface area contributed by atoms with E-state index in [2.05, 4.69) is 0 Å². The Labute approximate surface area is 233 Å². The second kappa shape index (κ2) is 12.9. The Balaban J connectivity index is 1.58. The molecule has 2 heterocycles. The van der Waals surface area contributed by atoms with Crippen molar-refractivity contribution in [2.75, 3.05) is 26.3 Å². The number of hydrogen-bond donors (Lipinski definition) is 0. The van der Waals surface area contributed by atoms with E-state index in [1.807, 2.05) is 6.07 Å². The van der Waals surface area contributed by atoms with E-state index in [1.165, 1.54) is 17.0 Å². The average molecular weight is 551 g/mol. The van der Waals surface area contributed by atoms with Gasteiger partial charge in [0.1, 0.15) is 5.82 Å². The van der Waals surface area contributed by atoms with Crippen LogP contribution in [0.3, 0.4) is 0 Å². The summed E-state index contributed by atoms with van der Waals surface area (Å²) in [4.78, 5) is 55.1. The first kappa shape index (κ1) is 29.0. The third kappa shape index (κ3) is 6.41. The van der Waals surface area contributed by atoms with Crippen molar-refractivity contribution in [1.29, 1.82) is 0 Å². The van der Waals surface area contributed by atoms with Crippen molar-refractivity contribution in [3.63, 3.8) is 0 Å². The van der Waals surface area contributed by atoms with Crippen molar-refractivity contribution < 1.29 is 33.0 Å². The Morgan fingerprint density at radius 3 is 2.50 bits per heavy atom. The molecule has 2 unspecified atom stereocenters. The fourth-order valence-corrected chi connectivity index (χ4v) is 5.47. The smallest absolute Gasteiger partial charge is 0.336 e. The highest BCUT2D eigenvalue weighted by molar-refractivity contribution is 5.96. The van der Waals surface area contributed by atoms with Crippen LogP contribution in [0.25, 0.3) is 0 Å². The van der Waals surface area contributed by atoms with Gasteiger partial charge in [0.2, 0.25) is 5.91 Å². The molecule has 0 N–H and O–H groups in total. The lowest BCUT2D eigenvalue weighted by Crippen LogP contribution is -2.42. The van der Waals surface area contributed by atoms with Crippen LogP contribution in [-0.2, 0) is 30.4 Å². The number of nitrogens with zero attached hydrogens (tertiary/aromatic N) is 2. The molecule has 8 nitrogen and oxygen atoms in total. The van der Waals surface area contributed by atoms with Crippen molar-refractivity contribution >= 4 is 23.8 Å². The molecule has 2 aromatic carbocycles. The van der Waals surface area contributed by atoms with Gasteiger partial charge in [0.25, 0.3) is 5.91 Å². The number of esters is 2. The molecule has 9 heteroatoms. The summed E-state index contributed by atoms with van der Waals surface area (Å²) in [6.07, 6.45) is 1.38. The first-order valence-corrected chi connectivity index (χ1v) is 13.7. The molecule has 2 aromatic rings. The lowest BCUT2D eigenvalue weighted by atomic mass is 9.83. The third-order valence-corrected chi connectivity index (χ3v) is 7.41. The molecular weight excluding hydrogens is 515 g/mol. The summed E-state index contributed by atoms with van der Waals surface area (Å²) in [5.74, 6) is -2.65. The third-order valence-electron chi connectivity index (χ3n) is 7.41. The maximum atomic E-state index is 14.0. The zero-order valence-corrected chi connectivity index (χ0v) is 23.2. The molecule has 0 aromatic heterocycles. The molecule has 212 valence electrons. The standard InChI is InChI=1S/C31H35FN2O6/c1-4-39-30(37)24-12-8-14-33(19-24)29(36)23-11-6-9-21(15-23)18-34-20(3)28(31(38)40-5-2)26(17-27(34)35)22-10-7-13-25(32)16-22/h6-7,9-11,13,15-16,24,26H,4-5,8,12,14,17-19H2,1-3H3. The average Bonchev–Trinajstić information content (AvgIpc) is 2.95. The number of rotatable bonds is 8. The van der Waals surface area contributed by atoms with E-state index in [1.54, 1.807) is 56.0 Å². The number of ether oxygens (including phenoxy) is 2. The minimum atomic E-state index is -0.627.